The van der Waals surface area contributed by atoms with E-state index in [1.165, 1.54) is 0 Å². The Kier molecular flexibility index (Phi) is 6.64. The first kappa shape index (κ1) is 16.0. The zero-order valence-corrected chi connectivity index (χ0v) is 13.4. The summed E-state index contributed by atoms with van der Waals surface area (Å²) in [7, 11) is 0. The van der Waals surface area contributed by atoms with Crippen LogP contribution in [0.4, 0.5) is 0 Å². The second kappa shape index (κ2) is 7.49. The lowest BCUT2D eigenvalue weighted by molar-refractivity contribution is -0.123. The standard InChI is InChI=1S/C14H26BrNO2/c1-14(2,3)12(8-9-15)16-13(17)7-6-11-5-4-10-18-11/h11-12H,4-10H2,1-3H3,(H,16,17). The summed E-state index contributed by atoms with van der Waals surface area (Å²) in [6, 6.07) is 0.230. The molecule has 0 aliphatic carbocycles. The lowest BCUT2D eigenvalue weighted by Gasteiger charge is -2.31. The third kappa shape index (κ3) is 5.70. The normalized spacial score (nSPS) is 21.9. The molecule has 0 radical (unpaired) electrons. The van der Waals surface area contributed by atoms with Gasteiger partial charge in [0.25, 0.3) is 0 Å². The molecule has 1 aliphatic rings. The van der Waals surface area contributed by atoms with Gasteiger partial charge in [-0.3, -0.25) is 4.79 Å². The van der Waals surface area contributed by atoms with Crippen LogP contribution in [-0.2, 0) is 9.53 Å². The first-order chi connectivity index (χ1) is 8.43. The maximum atomic E-state index is 11.9. The molecule has 1 amide bonds. The van der Waals surface area contributed by atoms with E-state index in [4.69, 9.17) is 4.74 Å². The maximum absolute atomic E-state index is 11.9. The number of rotatable bonds is 6. The first-order valence-electron chi connectivity index (χ1n) is 6.90. The van der Waals surface area contributed by atoms with Crippen LogP contribution in [-0.4, -0.2) is 30.0 Å². The molecule has 18 heavy (non-hydrogen) atoms. The molecule has 0 spiro atoms. The lowest BCUT2D eigenvalue weighted by Crippen LogP contribution is -2.44. The summed E-state index contributed by atoms with van der Waals surface area (Å²) in [4.78, 5) is 11.9. The van der Waals surface area contributed by atoms with Crippen LogP contribution < -0.4 is 5.32 Å². The van der Waals surface area contributed by atoms with Crippen molar-refractivity contribution in [3.05, 3.63) is 0 Å². The van der Waals surface area contributed by atoms with Crippen LogP contribution >= 0.6 is 15.9 Å². The highest BCUT2D eigenvalue weighted by molar-refractivity contribution is 9.09. The zero-order chi connectivity index (χ0) is 13.6. The van der Waals surface area contributed by atoms with Crippen LogP contribution in [0, 0.1) is 5.41 Å². The SMILES string of the molecule is CC(C)(C)C(CCBr)NC(=O)CCC1CCCO1. The molecule has 1 N–H and O–H groups in total. The summed E-state index contributed by atoms with van der Waals surface area (Å²) in [5.41, 5.74) is 0.104. The summed E-state index contributed by atoms with van der Waals surface area (Å²) in [5.74, 6) is 0.159. The molecule has 2 atom stereocenters. The molecule has 0 saturated carbocycles. The number of hydrogen-bond donors (Lipinski definition) is 1. The minimum Gasteiger partial charge on any atom is -0.378 e. The van der Waals surface area contributed by atoms with Gasteiger partial charge in [0, 0.05) is 24.4 Å². The molecular weight excluding hydrogens is 294 g/mol. The topological polar surface area (TPSA) is 38.3 Å². The second-order valence-corrected chi connectivity index (χ2v) is 6.93. The predicted octanol–water partition coefficient (Wildman–Crippen LogP) is 3.26. The van der Waals surface area contributed by atoms with E-state index >= 15 is 0 Å². The van der Waals surface area contributed by atoms with Gasteiger partial charge in [-0.1, -0.05) is 36.7 Å². The Morgan fingerprint density at radius 3 is 2.72 bits per heavy atom. The number of alkyl halides is 1. The van der Waals surface area contributed by atoms with E-state index in [1.54, 1.807) is 0 Å². The fourth-order valence-corrected chi connectivity index (χ4v) is 2.72. The third-order valence-electron chi connectivity index (χ3n) is 3.50. The highest BCUT2D eigenvalue weighted by atomic mass is 79.9. The minimum atomic E-state index is 0.104. The average molecular weight is 320 g/mol. The fraction of sp³-hybridized carbons (Fsp3) is 0.929. The Morgan fingerprint density at radius 2 is 2.22 bits per heavy atom. The van der Waals surface area contributed by atoms with E-state index in [1.807, 2.05) is 0 Å². The average Bonchev–Trinajstić information content (AvgIpc) is 2.77. The molecule has 106 valence electrons. The molecule has 1 aliphatic heterocycles. The zero-order valence-electron chi connectivity index (χ0n) is 11.8. The molecule has 0 aromatic rings. The van der Waals surface area contributed by atoms with Crippen molar-refractivity contribution in [2.24, 2.45) is 5.41 Å². The summed E-state index contributed by atoms with van der Waals surface area (Å²) in [5, 5.41) is 4.07. The summed E-state index contributed by atoms with van der Waals surface area (Å²) < 4.78 is 5.54. The Labute approximate surface area is 119 Å². The van der Waals surface area contributed by atoms with Crippen molar-refractivity contribution in [2.45, 2.75) is 65.0 Å². The molecule has 1 heterocycles. The molecule has 4 heteroatoms. The van der Waals surface area contributed by atoms with E-state index in [0.717, 1.165) is 37.6 Å². The highest BCUT2D eigenvalue weighted by Gasteiger charge is 2.26. The van der Waals surface area contributed by atoms with Gasteiger partial charge in [0.1, 0.15) is 0 Å². The first-order valence-corrected chi connectivity index (χ1v) is 8.02. The van der Waals surface area contributed by atoms with E-state index in [-0.39, 0.29) is 17.4 Å². The fourth-order valence-electron chi connectivity index (χ4n) is 2.26. The molecule has 2 unspecified atom stereocenters. The van der Waals surface area contributed by atoms with Gasteiger partial charge in [0.2, 0.25) is 5.91 Å². The number of amides is 1. The molecule has 3 nitrogen and oxygen atoms in total. The van der Waals surface area contributed by atoms with Crippen LogP contribution in [0.1, 0.15) is 52.9 Å². The van der Waals surface area contributed by atoms with Gasteiger partial charge in [0.05, 0.1) is 6.10 Å². The van der Waals surface area contributed by atoms with Gasteiger partial charge in [-0.15, -0.1) is 0 Å². The smallest absolute Gasteiger partial charge is 0.220 e. The second-order valence-electron chi connectivity index (χ2n) is 6.14. The minimum absolute atomic E-state index is 0.104. The van der Waals surface area contributed by atoms with E-state index in [9.17, 15) is 4.79 Å². The number of halogens is 1. The quantitative estimate of drug-likeness (QED) is 0.763. The number of carbonyl (C=O) groups excluding carboxylic acids is 1. The Morgan fingerprint density at radius 1 is 1.50 bits per heavy atom. The molecular formula is C14H26BrNO2. The van der Waals surface area contributed by atoms with Crippen LogP contribution in [0.2, 0.25) is 0 Å². The molecule has 1 rings (SSSR count). The van der Waals surface area contributed by atoms with E-state index < -0.39 is 0 Å². The number of nitrogens with one attached hydrogen (secondary N) is 1. The largest absolute Gasteiger partial charge is 0.378 e. The maximum Gasteiger partial charge on any atom is 0.220 e. The van der Waals surface area contributed by atoms with E-state index in [2.05, 4.69) is 42.0 Å². The van der Waals surface area contributed by atoms with Crippen LogP contribution in [0.5, 0.6) is 0 Å². The van der Waals surface area contributed by atoms with Gasteiger partial charge in [0.15, 0.2) is 0 Å². The molecule has 0 bridgehead atoms. The van der Waals surface area contributed by atoms with Gasteiger partial charge >= 0.3 is 0 Å². The number of hydrogen-bond acceptors (Lipinski definition) is 2. The van der Waals surface area contributed by atoms with Crippen molar-refractivity contribution in [3.8, 4) is 0 Å². The van der Waals surface area contributed by atoms with Crippen molar-refractivity contribution in [1.82, 2.24) is 5.32 Å². The van der Waals surface area contributed by atoms with Crippen LogP contribution in [0.25, 0.3) is 0 Å². The van der Waals surface area contributed by atoms with Gasteiger partial charge in [-0.25, -0.2) is 0 Å². The molecule has 0 aromatic carbocycles. The van der Waals surface area contributed by atoms with Crippen LogP contribution in [0.3, 0.4) is 0 Å². The highest BCUT2D eigenvalue weighted by Crippen LogP contribution is 2.23. The van der Waals surface area contributed by atoms with Crippen LogP contribution in [0.15, 0.2) is 0 Å². The van der Waals surface area contributed by atoms with E-state index in [0.29, 0.717) is 12.5 Å². The van der Waals surface area contributed by atoms with Gasteiger partial charge < -0.3 is 10.1 Å². The number of carbonyl (C=O) groups is 1. The van der Waals surface area contributed by atoms with Crippen molar-refractivity contribution in [1.29, 1.82) is 0 Å². The summed E-state index contributed by atoms with van der Waals surface area (Å²) >= 11 is 3.45. The summed E-state index contributed by atoms with van der Waals surface area (Å²) in [6.07, 6.45) is 4.96. The van der Waals surface area contributed by atoms with Gasteiger partial charge in [-0.2, -0.15) is 0 Å². The third-order valence-corrected chi connectivity index (χ3v) is 3.95. The Bertz CT molecular complexity index is 257. The lowest BCUT2D eigenvalue weighted by atomic mass is 9.85. The Balaban J connectivity index is 2.31. The Hall–Kier alpha value is -0.0900. The van der Waals surface area contributed by atoms with Crippen molar-refractivity contribution in [3.63, 3.8) is 0 Å². The van der Waals surface area contributed by atoms with Gasteiger partial charge in [-0.05, 0) is 31.1 Å². The van der Waals surface area contributed by atoms with Crippen molar-refractivity contribution in [2.75, 3.05) is 11.9 Å². The predicted molar refractivity (Wildman–Crippen MR) is 78.0 cm³/mol. The number of ether oxygens (including phenoxy) is 1. The summed E-state index contributed by atoms with van der Waals surface area (Å²) in [6.45, 7) is 7.36. The molecule has 1 fully saturated rings. The van der Waals surface area contributed by atoms with Crippen molar-refractivity contribution >= 4 is 21.8 Å². The van der Waals surface area contributed by atoms with Crippen molar-refractivity contribution < 1.29 is 9.53 Å². The molecule has 0 aromatic heterocycles. The molecule has 1 saturated heterocycles. The monoisotopic (exact) mass is 319 g/mol.